The molecule has 1 aromatic rings. The number of halogens is 1. The fourth-order valence-corrected chi connectivity index (χ4v) is 1.54. The van der Waals surface area contributed by atoms with Gasteiger partial charge >= 0.3 is 0 Å². The smallest absolute Gasteiger partial charge is 0.124 e. The van der Waals surface area contributed by atoms with Gasteiger partial charge in [-0.05, 0) is 24.7 Å². The Balaban J connectivity index is 2.38. The molecule has 1 N–H and O–H groups in total. The predicted molar refractivity (Wildman–Crippen MR) is 72.0 cm³/mol. The van der Waals surface area contributed by atoms with Crippen LogP contribution in [0.3, 0.4) is 0 Å². The Morgan fingerprint density at radius 1 is 1.16 bits per heavy atom. The maximum atomic E-state index is 13.2. The van der Waals surface area contributed by atoms with E-state index in [-0.39, 0.29) is 5.82 Å². The van der Waals surface area contributed by atoms with E-state index in [1.807, 2.05) is 6.92 Å². The Hall–Kier alpha value is -1.17. The zero-order chi connectivity index (χ0) is 13.9. The van der Waals surface area contributed by atoms with Crippen LogP contribution < -0.4 is 10.1 Å². The second-order valence-electron chi connectivity index (χ2n) is 3.99. The molecule has 5 heteroatoms. The van der Waals surface area contributed by atoms with Gasteiger partial charge in [0, 0.05) is 19.2 Å². The molecule has 0 fully saturated rings. The molecule has 0 saturated heterocycles. The Kier molecular flexibility index (Phi) is 8.13. The Morgan fingerprint density at radius 3 is 2.68 bits per heavy atom. The standard InChI is InChI=1S/C14H22FNO3/c1-3-16-11-12-10-13(15)4-5-14(12)19-9-8-18-7-6-17-2/h4-5,10,16H,3,6-9,11H2,1-2H3. The minimum atomic E-state index is -0.253. The first-order chi connectivity index (χ1) is 9.27. The molecule has 0 atom stereocenters. The second-order valence-corrected chi connectivity index (χ2v) is 3.99. The predicted octanol–water partition coefficient (Wildman–Crippen LogP) is 1.98. The number of nitrogens with one attached hydrogen (secondary N) is 1. The molecule has 0 amide bonds. The third kappa shape index (κ3) is 6.52. The lowest BCUT2D eigenvalue weighted by Gasteiger charge is -2.12. The van der Waals surface area contributed by atoms with Crippen LogP contribution in [0.15, 0.2) is 18.2 Å². The molecule has 0 saturated carbocycles. The molecule has 0 radical (unpaired) electrons. The molecule has 1 aromatic carbocycles. The number of methoxy groups -OCH3 is 1. The zero-order valence-electron chi connectivity index (χ0n) is 11.6. The molecule has 0 aliphatic heterocycles. The summed E-state index contributed by atoms with van der Waals surface area (Å²) in [5, 5.41) is 3.16. The van der Waals surface area contributed by atoms with Crippen LogP contribution in [0.25, 0.3) is 0 Å². The van der Waals surface area contributed by atoms with Crippen LogP contribution in [0.4, 0.5) is 4.39 Å². The van der Waals surface area contributed by atoms with Gasteiger partial charge < -0.3 is 19.5 Å². The third-order valence-corrected chi connectivity index (χ3v) is 2.51. The number of rotatable bonds is 10. The van der Waals surface area contributed by atoms with E-state index in [2.05, 4.69) is 5.32 Å². The summed E-state index contributed by atoms with van der Waals surface area (Å²) in [5.41, 5.74) is 0.818. The topological polar surface area (TPSA) is 39.7 Å². The molecule has 1 rings (SSSR count). The lowest BCUT2D eigenvalue weighted by atomic mass is 10.2. The summed E-state index contributed by atoms with van der Waals surface area (Å²) in [6.07, 6.45) is 0. The highest BCUT2D eigenvalue weighted by Gasteiger charge is 2.05. The van der Waals surface area contributed by atoms with Crippen LogP contribution in [0.2, 0.25) is 0 Å². The van der Waals surface area contributed by atoms with Crippen LogP contribution in [-0.4, -0.2) is 40.1 Å². The van der Waals surface area contributed by atoms with Crippen molar-refractivity contribution in [3.8, 4) is 5.75 Å². The minimum Gasteiger partial charge on any atom is -0.491 e. The monoisotopic (exact) mass is 271 g/mol. The molecular formula is C14H22FNO3. The van der Waals surface area contributed by atoms with Gasteiger partial charge in [0.1, 0.15) is 18.2 Å². The average Bonchev–Trinajstić information content (AvgIpc) is 2.42. The highest BCUT2D eigenvalue weighted by molar-refractivity contribution is 5.33. The summed E-state index contributed by atoms with van der Waals surface area (Å²) in [6.45, 7) is 5.47. The van der Waals surface area contributed by atoms with Crippen LogP contribution in [0, 0.1) is 5.82 Å². The number of hydrogen-bond donors (Lipinski definition) is 1. The Bertz CT molecular complexity index is 361. The summed E-state index contributed by atoms with van der Waals surface area (Å²) in [6, 6.07) is 4.54. The van der Waals surface area contributed by atoms with Crippen LogP contribution >= 0.6 is 0 Å². The van der Waals surface area contributed by atoms with Crippen molar-refractivity contribution in [1.29, 1.82) is 0 Å². The first kappa shape index (κ1) is 15.9. The molecule has 0 spiro atoms. The second kappa shape index (κ2) is 9.72. The molecular weight excluding hydrogens is 249 g/mol. The SMILES string of the molecule is CCNCc1cc(F)ccc1OCCOCCOC. The van der Waals surface area contributed by atoms with Crippen molar-refractivity contribution < 1.29 is 18.6 Å². The van der Waals surface area contributed by atoms with Gasteiger partial charge in [-0.15, -0.1) is 0 Å². The van der Waals surface area contributed by atoms with Crippen molar-refractivity contribution in [1.82, 2.24) is 5.32 Å². The van der Waals surface area contributed by atoms with E-state index in [0.717, 1.165) is 12.1 Å². The van der Waals surface area contributed by atoms with E-state index < -0.39 is 0 Å². The summed E-state index contributed by atoms with van der Waals surface area (Å²) in [5.74, 6) is 0.439. The maximum absolute atomic E-state index is 13.2. The molecule has 19 heavy (non-hydrogen) atoms. The molecule has 0 heterocycles. The highest BCUT2D eigenvalue weighted by atomic mass is 19.1. The number of benzene rings is 1. The quantitative estimate of drug-likeness (QED) is 0.661. The van der Waals surface area contributed by atoms with Crippen LogP contribution in [-0.2, 0) is 16.0 Å². The van der Waals surface area contributed by atoms with Crippen molar-refractivity contribution >= 4 is 0 Å². The van der Waals surface area contributed by atoms with E-state index >= 15 is 0 Å². The minimum absolute atomic E-state index is 0.253. The number of ether oxygens (including phenoxy) is 3. The summed E-state index contributed by atoms with van der Waals surface area (Å²) >= 11 is 0. The fourth-order valence-electron chi connectivity index (χ4n) is 1.54. The summed E-state index contributed by atoms with van der Waals surface area (Å²) < 4.78 is 28.9. The van der Waals surface area contributed by atoms with Gasteiger partial charge in [0.15, 0.2) is 0 Å². The van der Waals surface area contributed by atoms with Crippen LogP contribution in [0.1, 0.15) is 12.5 Å². The molecule has 0 unspecified atom stereocenters. The van der Waals surface area contributed by atoms with Gasteiger partial charge in [0.05, 0.1) is 19.8 Å². The van der Waals surface area contributed by atoms with E-state index in [4.69, 9.17) is 14.2 Å². The molecule has 0 aliphatic carbocycles. The van der Waals surface area contributed by atoms with E-state index in [1.165, 1.54) is 12.1 Å². The van der Waals surface area contributed by atoms with Gasteiger partial charge in [-0.25, -0.2) is 4.39 Å². The van der Waals surface area contributed by atoms with E-state index in [1.54, 1.807) is 13.2 Å². The van der Waals surface area contributed by atoms with Crippen molar-refractivity contribution in [3.63, 3.8) is 0 Å². The van der Waals surface area contributed by atoms with Gasteiger partial charge in [0.2, 0.25) is 0 Å². The normalized spacial score (nSPS) is 10.7. The molecule has 108 valence electrons. The number of hydrogen-bond acceptors (Lipinski definition) is 4. The van der Waals surface area contributed by atoms with Crippen molar-refractivity contribution in [2.75, 3.05) is 40.1 Å². The van der Waals surface area contributed by atoms with Gasteiger partial charge in [-0.1, -0.05) is 6.92 Å². The highest BCUT2D eigenvalue weighted by Crippen LogP contribution is 2.19. The molecule has 4 nitrogen and oxygen atoms in total. The summed E-state index contributed by atoms with van der Waals surface area (Å²) in [7, 11) is 1.63. The largest absolute Gasteiger partial charge is 0.491 e. The van der Waals surface area contributed by atoms with Gasteiger partial charge in [-0.2, -0.15) is 0 Å². The Morgan fingerprint density at radius 2 is 1.95 bits per heavy atom. The maximum Gasteiger partial charge on any atom is 0.124 e. The van der Waals surface area contributed by atoms with Gasteiger partial charge in [-0.3, -0.25) is 0 Å². The summed E-state index contributed by atoms with van der Waals surface area (Å²) in [4.78, 5) is 0. The first-order valence-corrected chi connectivity index (χ1v) is 6.46. The lowest BCUT2D eigenvalue weighted by molar-refractivity contribution is 0.0542. The molecule has 0 aromatic heterocycles. The molecule has 0 aliphatic rings. The zero-order valence-corrected chi connectivity index (χ0v) is 11.6. The van der Waals surface area contributed by atoms with Crippen LogP contribution in [0.5, 0.6) is 5.75 Å². The van der Waals surface area contributed by atoms with E-state index in [9.17, 15) is 4.39 Å². The van der Waals surface area contributed by atoms with E-state index in [0.29, 0.717) is 38.7 Å². The Labute approximate surface area is 113 Å². The lowest BCUT2D eigenvalue weighted by Crippen LogP contribution is -2.15. The van der Waals surface area contributed by atoms with Crippen molar-refractivity contribution in [3.05, 3.63) is 29.6 Å². The third-order valence-electron chi connectivity index (χ3n) is 2.51. The van der Waals surface area contributed by atoms with Crippen molar-refractivity contribution in [2.45, 2.75) is 13.5 Å². The van der Waals surface area contributed by atoms with Gasteiger partial charge in [0.25, 0.3) is 0 Å². The fraction of sp³-hybridized carbons (Fsp3) is 0.571. The van der Waals surface area contributed by atoms with Crippen molar-refractivity contribution in [2.24, 2.45) is 0 Å². The first-order valence-electron chi connectivity index (χ1n) is 6.46. The molecule has 0 bridgehead atoms. The average molecular weight is 271 g/mol.